The number of aromatic nitrogens is 1. The van der Waals surface area contributed by atoms with Gasteiger partial charge in [0.05, 0.1) is 21.3 Å². The molecule has 2 aromatic rings. The molecule has 21 heavy (non-hydrogen) atoms. The smallest absolute Gasteiger partial charge is 0.207 e. The van der Waals surface area contributed by atoms with Gasteiger partial charge in [-0.25, -0.2) is 4.98 Å². The Bertz CT molecular complexity index is 659. The van der Waals surface area contributed by atoms with Gasteiger partial charge in [0.15, 0.2) is 16.6 Å². The first-order chi connectivity index (χ1) is 10.0. The largest absolute Gasteiger partial charge is 0.493 e. The van der Waals surface area contributed by atoms with E-state index >= 15 is 0 Å². The van der Waals surface area contributed by atoms with Crippen LogP contribution < -0.4 is 25.7 Å². The van der Waals surface area contributed by atoms with Crippen molar-refractivity contribution in [1.29, 1.82) is 0 Å². The van der Waals surface area contributed by atoms with E-state index in [0.717, 1.165) is 11.3 Å². The van der Waals surface area contributed by atoms with Crippen molar-refractivity contribution in [3.63, 3.8) is 0 Å². The molecule has 1 aromatic heterocycles. The molecule has 0 aliphatic heterocycles. The van der Waals surface area contributed by atoms with Crippen LogP contribution in [0.2, 0.25) is 0 Å². The van der Waals surface area contributed by atoms with Crippen LogP contribution in [0.15, 0.2) is 12.1 Å². The monoisotopic (exact) mass is 309 g/mol. The van der Waals surface area contributed by atoms with E-state index in [9.17, 15) is 4.79 Å². The van der Waals surface area contributed by atoms with Crippen LogP contribution in [0.25, 0.3) is 0 Å². The maximum atomic E-state index is 12.5. The lowest BCUT2D eigenvalue weighted by molar-refractivity contribution is 0.104. The lowest BCUT2D eigenvalue weighted by Crippen LogP contribution is -2.05. The van der Waals surface area contributed by atoms with E-state index in [4.69, 9.17) is 25.7 Å². The predicted molar refractivity (Wildman–Crippen MR) is 80.5 cm³/mol. The number of nitrogen functional groups attached to an aromatic ring is 2. The fraction of sp³-hybridized carbons (Fsp3) is 0.231. The van der Waals surface area contributed by atoms with Crippen LogP contribution in [0.5, 0.6) is 17.2 Å². The summed E-state index contributed by atoms with van der Waals surface area (Å²) in [7, 11) is 4.44. The van der Waals surface area contributed by atoms with Crippen LogP contribution in [-0.2, 0) is 0 Å². The number of hydrogen-bond donors (Lipinski definition) is 2. The highest BCUT2D eigenvalue weighted by Crippen LogP contribution is 2.39. The molecular formula is C13H15N3O4S. The first-order valence-electron chi connectivity index (χ1n) is 5.88. The molecule has 0 aliphatic rings. The molecule has 0 bridgehead atoms. The summed E-state index contributed by atoms with van der Waals surface area (Å²) in [4.78, 5) is 16.6. The van der Waals surface area contributed by atoms with Crippen LogP contribution in [-0.4, -0.2) is 32.1 Å². The van der Waals surface area contributed by atoms with Crippen molar-refractivity contribution in [3.05, 3.63) is 22.6 Å². The van der Waals surface area contributed by atoms with Gasteiger partial charge in [-0.15, -0.1) is 0 Å². The van der Waals surface area contributed by atoms with Crippen molar-refractivity contribution in [3.8, 4) is 17.2 Å². The van der Waals surface area contributed by atoms with Gasteiger partial charge in [0, 0.05) is 5.56 Å². The molecule has 1 heterocycles. The maximum Gasteiger partial charge on any atom is 0.207 e. The highest BCUT2D eigenvalue weighted by molar-refractivity contribution is 7.18. The second-order valence-electron chi connectivity index (χ2n) is 4.01. The molecule has 7 nitrogen and oxygen atoms in total. The van der Waals surface area contributed by atoms with Crippen molar-refractivity contribution < 1.29 is 19.0 Å². The number of rotatable bonds is 5. The average Bonchev–Trinajstić information content (AvgIpc) is 2.83. The molecule has 8 heteroatoms. The molecule has 0 radical (unpaired) electrons. The topological polar surface area (TPSA) is 110 Å². The molecule has 0 saturated heterocycles. The molecular weight excluding hydrogens is 294 g/mol. The Balaban J connectivity index is 2.53. The number of methoxy groups -OCH3 is 3. The predicted octanol–water partition coefficient (Wildman–Crippen LogP) is 1.56. The Morgan fingerprint density at radius 3 is 2.05 bits per heavy atom. The standard InChI is InChI=1S/C13H15N3O4S/c1-18-7-4-6(5-8(19-2)10(7)20-3)9(17)11-12(14)16-13(15)21-11/h4-5H,14H2,1-3H3,(H2,15,16). The van der Waals surface area contributed by atoms with E-state index in [1.54, 1.807) is 12.1 Å². The number of ether oxygens (including phenoxy) is 3. The van der Waals surface area contributed by atoms with Crippen molar-refractivity contribution in [1.82, 2.24) is 4.98 Å². The third-order valence-corrected chi connectivity index (χ3v) is 3.70. The second-order valence-corrected chi connectivity index (χ2v) is 5.04. The van der Waals surface area contributed by atoms with Gasteiger partial charge in [-0.1, -0.05) is 11.3 Å². The number of ketones is 1. The number of anilines is 2. The summed E-state index contributed by atoms with van der Waals surface area (Å²) in [6.07, 6.45) is 0. The zero-order valence-electron chi connectivity index (χ0n) is 11.8. The van der Waals surface area contributed by atoms with Gasteiger partial charge in [-0.3, -0.25) is 4.79 Å². The van der Waals surface area contributed by atoms with Crippen LogP contribution >= 0.6 is 11.3 Å². The number of thiazole rings is 1. The number of benzene rings is 1. The van der Waals surface area contributed by atoms with Crippen molar-refractivity contribution in [2.75, 3.05) is 32.8 Å². The van der Waals surface area contributed by atoms with E-state index in [-0.39, 0.29) is 21.6 Å². The first kappa shape index (κ1) is 14.9. The number of nitrogens with zero attached hydrogens (tertiary/aromatic N) is 1. The van der Waals surface area contributed by atoms with Crippen LogP contribution in [0, 0.1) is 0 Å². The van der Waals surface area contributed by atoms with E-state index in [2.05, 4.69) is 4.98 Å². The Morgan fingerprint density at radius 2 is 1.67 bits per heavy atom. The minimum atomic E-state index is -0.305. The Kier molecular flexibility index (Phi) is 4.18. The van der Waals surface area contributed by atoms with E-state index in [1.807, 2.05) is 0 Å². The third-order valence-electron chi connectivity index (χ3n) is 2.80. The summed E-state index contributed by atoms with van der Waals surface area (Å²) < 4.78 is 15.6. The molecule has 0 atom stereocenters. The quantitative estimate of drug-likeness (QED) is 0.806. The molecule has 2 rings (SSSR count). The highest BCUT2D eigenvalue weighted by atomic mass is 32.1. The average molecular weight is 309 g/mol. The van der Waals surface area contributed by atoms with Gasteiger partial charge in [0.25, 0.3) is 0 Å². The Hall–Kier alpha value is -2.48. The number of hydrogen-bond acceptors (Lipinski definition) is 8. The molecule has 0 saturated carbocycles. The van der Waals surface area contributed by atoms with Crippen molar-refractivity contribution in [2.24, 2.45) is 0 Å². The van der Waals surface area contributed by atoms with E-state index in [1.165, 1.54) is 21.3 Å². The normalized spacial score (nSPS) is 10.2. The molecule has 0 fully saturated rings. The van der Waals surface area contributed by atoms with Gasteiger partial charge in [-0.05, 0) is 12.1 Å². The van der Waals surface area contributed by atoms with Crippen LogP contribution in [0.1, 0.15) is 15.2 Å². The fourth-order valence-electron chi connectivity index (χ4n) is 1.86. The third kappa shape index (κ3) is 2.70. The van der Waals surface area contributed by atoms with Gasteiger partial charge in [-0.2, -0.15) is 0 Å². The van der Waals surface area contributed by atoms with Crippen LogP contribution in [0.3, 0.4) is 0 Å². The first-order valence-corrected chi connectivity index (χ1v) is 6.70. The molecule has 0 aliphatic carbocycles. The Labute approximate surface area is 125 Å². The van der Waals surface area contributed by atoms with Crippen LogP contribution in [0.4, 0.5) is 10.9 Å². The summed E-state index contributed by atoms with van der Waals surface area (Å²) >= 11 is 1.03. The second kappa shape index (κ2) is 5.88. The summed E-state index contributed by atoms with van der Waals surface area (Å²) in [5, 5.41) is 0.239. The lowest BCUT2D eigenvalue weighted by Gasteiger charge is -2.13. The summed E-state index contributed by atoms with van der Waals surface area (Å²) in [6.45, 7) is 0. The SMILES string of the molecule is COc1cc(C(=O)c2sc(N)nc2N)cc(OC)c1OC. The maximum absolute atomic E-state index is 12.5. The molecule has 0 unspecified atom stereocenters. The number of nitrogens with two attached hydrogens (primary N) is 2. The molecule has 0 amide bonds. The highest BCUT2D eigenvalue weighted by Gasteiger charge is 2.21. The van der Waals surface area contributed by atoms with E-state index < -0.39 is 0 Å². The molecule has 4 N–H and O–H groups in total. The van der Waals surface area contributed by atoms with Gasteiger partial charge in [0.2, 0.25) is 11.5 Å². The minimum absolute atomic E-state index is 0.108. The lowest BCUT2D eigenvalue weighted by atomic mass is 10.1. The van der Waals surface area contributed by atoms with Crippen molar-refractivity contribution >= 4 is 28.1 Å². The number of carbonyl (C=O) groups is 1. The van der Waals surface area contributed by atoms with E-state index in [0.29, 0.717) is 22.8 Å². The summed E-state index contributed by atoms with van der Waals surface area (Å²) in [5.41, 5.74) is 11.6. The minimum Gasteiger partial charge on any atom is -0.493 e. The van der Waals surface area contributed by atoms with Gasteiger partial charge < -0.3 is 25.7 Å². The molecule has 1 aromatic carbocycles. The molecule has 0 spiro atoms. The zero-order chi connectivity index (χ0) is 15.6. The van der Waals surface area contributed by atoms with Gasteiger partial charge >= 0.3 is 0 Å². The summed E-state index contributed by atoms with van der Waals surface area (Å²) in [6, 6.07) is 3.11. The summed E-state index contributed by atoms with van der Waals surface area (Å²) in [5.74, 6) is 0.984. The zero-order valence-corrected chi connectivity index (χ0v) is 12.6. The molecule has 112 valence electrons. The fourth-order valence-corrected chi connectivity index (χ4v) is 2.57. The Morgan fingerprint density at radius 1 is 1.10 bits per heavy atom. The van der Waals surface area contributed by atoms with Crippen molar-refractivity contribution in [2.45, 2.75) is 0 Å². The number of carbonyl (C=O) groups excluding carboxylic acids is 1. The van der Waals surface area contributed by atoms with Gasteiger partial charge in [0.1, 0.15) is 10.7 Å².